The fourth-order valence-corrected chi connectivity index (χ4v) is 9.45. The summed E-state index contributed by atoms with van der Waals surface area (Å²) in [4.78, 5) is 10.8. The molecule has 8 aromatic carbocycles. The lowest BCUT2D eigenvalue weighted by Crippen LogP contribution is -2.03. The molecule has 0 N–H and O–H groups in total. The van der Waals surface area contributed by atoms with E-state index in [1.54, 1.807) is 0 Å². The molecule has 226 valence electrons. The van der Waals surface area contributed by atoms with Crippen LogP contribution in [0.2, 0.25) is 0 Å². The van der Waals surface area contributed by atoms with Crippen LogP contribution < -0.4 is 0 Å². The second-order valence-corrected chi connectivity index (χ2v) is 14.0. The van der Waals surface area contributed by atoms with Gasteiger partial charge in [-0.25, -0.2) is 9.97 Å². The van der Waals surface area contributed by atoms with Gasteiger partial charge in [-0.15, -0.1) is 11.3 Å². The van der Waals surface area contributed by atoms with Crippen LogP contribution in [-0.2, 0) is 0 Å². The summed E-state index contributed by atoms with van der Waals surface area (Å²) in [7, 11) is 0. The molecule has 0 radical (unpaired) electrons. The molecule has 0 saturated carbocycles. The number of rotatable bonds is 2. The molecule has 0 spiro atoms. The first-order valence-electron chi connectivity index (χ1n) is 16.5. The Hall–Kier alpha value is -6.30. The van der Waals surface area contributed by atoms with Crippen molar-refractivity contribution in [3.05, 3.63) is 140 Å². The molecule has 12 aromatic rings. The summed E-state index contributed by atoms with van der Waals surface area (Å²) in [6.07, 6.45) is 0. The van der Waals surface area contributed by atoms with Crippen molar-refractivity contribution in [2.45, 2.75) is 0 Å². The highest BCUT2D eigenvalue weighted by Crippen LogP contribution is 2.47. The lowest BCUT2D eigenvalue weighted by Gasteiger charge is -2.14. The van der Waals surface area contributed by atoms with Crippen LogP contribution in [-0.4, -0.2) is 14.5 Å². The number of aromatic nitrogens is 3. The molecule has 5 heteroatoms. The van der Waals surface area contributed by atoms with Crippen molar-refractivity contribution in [3.63, 3.8) is 0 Å². The highest BCUT2D eigenvalue weighted by atomic mass is 32.1. The third kappa shape index (κ3) is 3.32. The van der Waals surface area contributed by atoms with E-state index in [1.165, 1.54) is 52.5 Å². The zero-order valence-electron chi connectivity index (χ0n) is 25.9. The second-order valence-electron chi connectivity index (χ2n) is 12.9. The van der Waals surface area contributed by atoms with E-state index in [0.717, 1.165) is 61.1 Å². The summed E-state index contributed by atoms with van der Waals surface area (Å²) in [6, 6.07) is 49.8. The van der Waals surface area contributed by atoms with E-state index < -0.39 is 0 Å². The highest BCUT2D eigenvalue weighted by Gasteiger charge is 2.25. The van der Waals surface area contributed by atoms with Gasteiger partial charge in [-0.05, 0) is 70.1 Å². The minimum atomic E-state index is 0.816. The number of nitrogens with zero attached hydrogens (tertiary/aromatic N) is 3. The minimum absolute atomic E-state index is 0.816. The molecule has 0 aliphatic heterocycles. The van der Waals surface area contributed by atoms with Gasteiger partial charge in [0.1, 0.15) is 16.9 Å². The molecule has 0 saturated heterocycles. The van der Waals surface area contributed by atoms with Crippen LogP contribution >= 0.6 is 11.3 Å². The van der Waals surface area contributed by atoms with Gasteiger partial charge in [0, 0.05) is 47.3 Å². The largest absolute Gasteiger partial charge is 0.456 e. The van der Waals surface area contributed by atoms with Crippen molar-refractivity contribution in [1.29, 1.82) is 0 Å². The normalized spacial score (nSPS) is 12.5. The number of hydrogen-bond donors (Lipinski definition) is 0. The lowest BCUT2D eigenvalue weighted by atomic mass is 9.95. The molecule has 0 amide bonds. The third-order valence-electron chi connectivity index (χ3n) is 10.3. The van der Waals surface area contributed by atoms with Crippen LogP contribution in [0.3, 0.4) is 0 Å². The van der Waals surface area contributed by atoms with Gasteiger partial charge in [0.2, 0.25) is 0 Å². The number of hydrogen-bond acceptors (Lipinski definition) is 4. The number of thiophene rings is 1. The van der Waals surface area contributed by atoms with E-state index in [0.29, 0.717) is 0 Å². The van der Waals surface area contributed by atoms with E-state index >= 15 is 0 Å². The summed E-state index contributed by atoms with van der Waals surface area (Å²) < 4.78 is 11.5. The average Bonchev–Trinajstić information content (AvgIpc) is 3.82. The molecule has 4 heterocycles. The van der Waals surface area contributed by atoms with Crippen molar-refractivity contribution in [3.8, 4) is 17.1 Å². The predicted octanol–water partition coefficient (Wildman–Crippen LogP) is 12.4. The van der Waals surface area contributed by atoms with Crippen LogP contribution in [0, 0.1) is 0 Å². The monoisotopic (exact) mass is 641 g/mol. The Morgan fingerprint density at radius 3 is 1.96 bits per heavy atom. The molecule has 0 aliphatic rings. The fraction of sp³-hybridized carbons (Fsp3) is 0. The Kier molecular flexibility index (Phi) is 4.83. The van der Waals surface area contributed by atoms with Gasteiger partial charge in [0.15, 0.2) is 5.82 Å². The number of fused-ring (bicyclic) bond motifs is 7. The Labute approximate surface area is 282 Å². The summed E-state index contributed by atoms with van der Waals surface area (Å²) >= 11 is 1.82. The van der Waals surface area contributed by atoms with Crippen molar-refractivity contribution < 1.29 is 4.42 Å². The topological polar surface area (TPSA) is 43.9 Å². The molecule has 49 heavy (non-hydrogen) atoms. The first-order chi connectivity index (χ1) is 24.3. The van der Waals surface area contributed by atoms with Crippen LogP contribution in [0.15, 0.2) is 144 Å². The Morgan fingerprint density at radius 1 is 0.449 bits per heavy atom. The maximum Gasteiger partial charge on any atom is 0.165 e. The van der Waals surface area contributed by atoms with Crippen molar-refractivity contribution in [2.75, 3.05) is 0 Å². The number of benzene rings is 7. The fourth-order valence-electron chi connectivity index (χ4n) is 8.30. The molecule has 0 bridgehead atoms. The van der Waals surface area contributed by atoms with Crippen molar-refractivity contribution >= 4 is 108 Å². The first kappa shape index (κ1) is 25.7. The van der Waals surface area contributed by atoms with Crippen molar-refractivity contribution in [1.82, 2.24) is 14.5 Å². The van der Waals surface area contributed by atoms with Gasteiger partial charge in [-0.3, -0.25) is 4.57 Å². The van der Waals surface area contributed by atoms with E-state index in [9.17, 15) is 0 Å². The second kappa shape index (κ2) is 9.19. The van der Waals surface area contributed by atoms with Gasteiger partial charge in [0.05, 0.1) is 22.1 Å². The molecular weight excluding hydrogens is 619 g/mol. The summed E-state index contributed by atoms with van der Waals surface area (Å²) in [5, 5.41) is 12.1. The number of para-hydroxylation sites is 2. The van der Waals surface area contributed by atoms with Crippen LogP contribution in [0.4, 0.5) is 0 Å². The van der Waals surface area contributed by atoms with Crippen molar-refractivity contribution in [2.24, 2.45) is 0 Å². The summed E-state index contributed by atoms with van der Waals surface area (Å²) in [5.74, 6) is 0.816. The zero-order valence-corrected chi connectivity index (χ0v) is 26.8. The average molecular weight is 642 g/mol. The van der Waals surface area contributed by atoms with Gasteiger partial charge < -0.3 is 4.42 Å². The molecule has 0 fully saturated rings. The molecular formula is C44H23N3OS. The number of furan rings is 1. The van der Waals surface area contributed by atoms with Crippen LogP contribution in [0.25, 0.3) is 114 Å². The molecule has 0 aliphatic carbocycles. The minimum Gasteiger partial charge on any atom is -0.456 e. The van der Waals surface area contributed by atoms with Gasteiger partial charge in [-0.1, -0.05) is 91.0 Å². The zero-order chi connectivity index (χ0) is 31.8. The molecule has 4 aromatic heterocycles. The predicted molar refractivity (Wildman–Crippen MR) is 206 cm³/mol. The first-order valence-corrected chi connectivity index (χ1v) is 17.3. The molecule has 0 unspecified atom stereocenters. The lowest BCUT2D eigenvalue weighted by molar-refractivity contribution is 0.669. The smallest absolute Gasteiger partial charge is 0.165 e. The summed E-state index contributed by atoms with van der Waals surface area (Å²) in [5.41, 5.74) is 7.61. The molecule has 12 rings (SSSR count). The quantitative estimate of drug-likeness (QED) is 0.189. The Morgan fingerprint density at radius 2 is 1.10 bits per heavy atom. The highest BCUT2D eigenvalue weighted by molar-refractivity contribution is 7.25. The van der Waals surface area contributed by atoms with Gasteiger partial charge >= 0.3 is 0 Å². The third-order valence-corrected chi connectivity index (χ3v) is 11.5. The van der Waals surface area contributed by atoms with Gasteiger partial charge in [0.25, 0.3) is 0 Å². The Bertz CT molecular complexity index is 3350. The Balaban J connectivity index is 1.29. The summed E-state index contributed by atoms with van der Waals surface area (Å²) in [6.45, 7) is 0. The maximum absolute atomic E-state index is 6.59. The molecule has 4 nitrogen and oxygen atoms in total. The van der Waals surface area contributed by atoms with Gasteiger partial charge in [-0.2, -0.15) is 0 Å². The molecule has 0 atom stereocenters. The van der Waals surface area contributed by atoms with E-state index in [4.69, 9.17) is 14.4 Å². The van der Waals surface area contributed by atoms with Crippen LogP contribution in [0.5, 0.6) is 0 Å². The van der Waals surface area contributed by atoms with E-state index in [2.05, 4.69) is 132 Å². The maximum atomic E-state index is 6.59. The van der Waals surface area contributed by atoms with E-state index in [-0.39, 0.29) is 0 Å². The SMILES string of the molecule is c1ccc2nc(-n3c4cccc5c6ccccc6c6cccc7oc8ccc3c(c8c76)c54)c(-c3ccc4c(c3)sc3ccccc34)nc2c1. The standard InChI is InChI=1S/C44H23N3OS/c1-2-10-26-25(9-1)29-12-7-16-33-39(29)41-34(21-22-36-42(41)40-30(26)13-8-17-35(40)48-36)47(33)44-43(45-31-14-4-5-15-32(31)46-44)24-19-20-28-27-11-3-6-18-37(27)49-38(28)23-24/h1-23H. The van der Waals surface area contributed by atoms with E-state index in [1.807, 2.05) is 23.5 Å². The van der Waals surface area contributed by atoms with Crippen LogP contribution in [0.1, 0.15) is 0 Å².